The predicted octanol–water partition coefficient (Wildman–Crippen LogP) is 3.15. The van der Waals surface area contributed by atoms with Gasteiger partial charge >= 0.3 is 5.97 Å². The second-order valence-corrected chi connectivity index (χ2v) is 7.84. The molecule has 1 aliphatic rings. The average molecular weight is 389 g/mol. The first-order valence-corrected chi connectivity index (χ1v) is 10.3. The molecule has 1 heterocycles. The fourth-order valence-electron chi connectivity index (χ4n) is 3.71. The number of nitrogens with zero attached hydrogens (tertiary/aromatic N) is 1. The van der Waals surface area contributed by atoms with E-state index in [1.165, 1.54) is 11.3 Å². The molecule has 1 aromatic rings. The van der Waals surface area contributed by atoms with E-state index in [9.17, 15) is 19.5 Å². The number of carboxylic acid groups (broad SMARTS) is 1. The van der Waals surface area contributed by atoms with Crippen LogP contribution in [0.15, 0.2) is 30.3 Å². The van der Waals surface area contributed by atoms with Gasteiger partial charge in [0.05, 0.1) is 0 Å². The Kier molecular flexibility index (Phi) is 8.03. The zero-order chi connectivity index (χ0) is 20.6. The summed E-state index contributed by atoms with van der Waals surface area (Å²) in [6.07, 6.45) is 6.34. The molecular weight excluding hydrogens is 356 g/mol. The Hall–Kier alpha value is -2.37. The molecule has 0 spiro atoms. The van der Waals surface area contributed by atoms with Crippen molar-refractivity contribution in [2.24, 2.45) is 0 Å². The van der Waals surface area contributed by atoms with Crippen LogP contribution < -0.4 is 5.32 Å². The minimum atomic E-state index is -1.02. The maximum atomic E-state index is 13.0. The summed E-state index contributed by atoms with van der Waals surface area (Å²) >= 11 is 0. The van der Waals surface area contributed by atoms with E-state index < -0.39 is 17.6 Å². The second-order valence-electron chi connectivity index (χ2n) is 7.84. The van der Waals surface area contributed by atoms with Gasteiger partial charge in [-0.1, -0.05) is 62.9 Å². The lowest BCUT2D eigenvalue weighted by molar-refractivity contribution is -0.150. The third-order valence-electron chi connectivity index (χ3n) is 5.44. The van der Waals surface area contributed by atoms with Crippen LogP contribution in [0.25, 0.3) is 0 Å². The first-order chi connectivity index (χ1) is 13.4. The van der Waals surface area contributed by atoms with E-state index in [0.717, 1.165) is 31.2 Å². The summed E-state index contributed by atoms with van der Waals surface area (Å²) in [5, 5.41) is 12.5. The molecule has 1 fully saturated rings. The monoisotopic (exact) mass is 388 g/mol. The Morgan fingerprint density at radius 3 is 2.50 bits per heavy atom. The molecule has 0 bridgehead atoms. The number of nitrogens with one attached hydrogen (secondary N) is 1. The molecular formula is C22H32N2O4. The number of rotatable bonds is 11. The molecule has 1 saturated heterocycles. The molecule has 1 aromatic carbocycles. The van der Waals surface area contributed by atoms with Gasteiger partial charge in [0.1, 0.15) is 11.6 Å². The Morgan fingerprint density at radius 2 is 1.86 bits per heavy atom. The predicted molar refractivity (Wildman–Crippen MR) is 108 cm³/mol. The van der Waals surface area contributed by atoms with Gasteiger partial charge in [-0.25, -0.2) is 4.79 Å². The maximum Gasteiger partial charge on any atom is 0.326 e. The average Bonchev–Trinajstić information content (AvgIpc) is 2.95. The minimum Gasteiger partial charge on any atom is -0.480 e. The first-order valence-electron chi connectivity index (χ1n) is 10.3. The molecule has 0 radical (unpaired) electrons. The van der Waals surface area contributed by atoms with Crippen molar-refractivity contribution in [3.63, 3.8) is 0 Å². The lowest BCUT2D eigenvalue weighted by atomic mass is 9.99. The zero-order valence-corrected chi connectivity index (χ0v) is 16.9. The van der Waals surface area contributed by atoms with Crippen molar-refractivity contribution in [3.8, 4) is 0 Å². The largest absolute Gasteiger partial charge is 0.480 e. The summed E-state index contributed by atoms with van der Waals surface area (Å²) in [6, 6.07) is 8.36. The lowest BCUT2D eigenvalue weighted by Crippen LogP contribution is -2.54. The molecule has 6 nitrogen and oxygen atoms in total. The Morgan fingerprint density at radius 1 is 1.18 bits per heavy atom. The number of carbonyl (C=O) groups is 3. The molecule has 28 heavy (non-hydrogen) atoms. The summed E-state index contributed by atoms with van der Waals surface area (Å²) in [4.78, 5) is 38.5. The summed E-state index contributed by atoms with van der Waals surface area (Å²) in [7, 11) is 0. The molecule has 0 aromatic heterocycles. The molecule has 2 amide bonds. The fraction of sp³-hybridized carbons (Fsp3) is 0.591. The molecule has 2 N–H and O–H groups in total. The van der Waals surface area contributed by atoms with Crippen LogP contribution in [0.4, 0.5) is 0 Å². The molecule has 2 unspecified atom stereocenters. The third kappa shape index (κ3) is 5.81. The molecule has 1 aliphatic heterocycles. The Balaban J connectivity index is 1.95. The third-order valence-corrected chi connectivity index (χ3v) is 5.44. The number of hydrogen-bond acceptors (Lipinski definition) is 3. The van der Waals surface area contributed by atoms with Crippen LogP contribution in [0.3, 0.4) is 0 Å². The van der Waals surface area contributed by atoms with E-state index in [-0.39, 0.29) is 18.2 Å². The number of unbranched alkanes of at least 4 members (excludes halogenated alkanes) is 4. The summed E-state index contributed by atoms with van der Waals surface area (Å²) in [5.74, 6) is -1.47. The van der Waals surface area contributed by atoms with E-state index in [1.807, 2.05) is 30.3 Å². The van der Waals surface area contributed by atoms with Gasteiger partial charge in [-0.05, 0) is 25.3 Å². The number of carboxylic acids is 1. The highest BCUT2D eigenvalue weighted by Crippen LogP contribution is 2.26. The van der Waals surface area contributed by atoms with E-state index in [2.05, 4.69) is 12.2 Å². The first kappa shape index (κ1) is 21.9. The molecule has 0 aliphatic carbocycles. The maximum absolute atomic E-state index is 13.0. The number of carbonyl (C=O) groups excluding carboxylic acids is 2. The topological polar surface area (TPSA) is 86.7 Å². The van der Waals surface area contributed by atoms with Crippen molar-refractivity contribution in [3.05, 3.63) is 35.9 Å². The number of amides is 2. The van der Waals surface area contributed by atoms with Crippen LogP contribution in [0, 0.1) is 0 Å². The van der Waals surface area contributed by atoms with E-state index in [1.54, 1.807) is 6.92 Å². The van der Waals surface area contributed by atoms with Crippen LogP contribution >= 0.6 is 0 Å². The van der Waals surface area contributed by atoms with Crippen LogP contribution in [-0.4, -0.2) is 45.9 Å². The molecule has 2 rings (SSSR count). The van der Waals surface area contributed by atoms with Crippen LogP contribution in [0.5, 0.6) is 0 Å². The number of aliphatic carboxylic acids is 1. The van der Waals surface area contributed by atoms with Crippen LogP contribution in [-0.2, 0) is 20.8 Å². The SMILES string of the molecule is CCCCCCCC(=O)NC1(C)CCN(C(Cc2ccccc2)C(=O)O)C1=O. The van der Waals surface area contributed by atoms with Crippen molar-refractivity contribution >= 4 is 17.8 Å². The van der Waals surface area contributed by atoms with Gasteiger partial charge in [-0.2, -0.15) is 0 Å². The van der Waals surface area contributed by atoms with Crippen molar-refractivity contribution in [2.75, 3.05) is 6.54 Å². The van der Waals surface area contributed by atoms with E-state index in [4.69, 9.17) is 0 Å². The van der Waals surface area contributed by atoms with Gasteiger partial charge in [0.25, 0.3) is 0 Å². The van der Waals surface area contributed by atoms with Crippen LogP contribution in [0.2, 0.25) is 0 Å². The quantitative estimate of drug-likeness (QED) is 0.570. The molecule has 0 saturated carbocycles. The molecule has 2 atom stereocenters. The zero-order valence-electron chi connectivity index (χ0n) is 16.9. The summed E-state index contributed by atoms with van der Waals surface area (Å²) < 4.78 is 0. The highest BCUT2D eigenvalue weighted by atomic mass is 16.4. The Bertz CT molecular complexity index is 676. The van der Waals surface area contributed by atoms with Gasteiger partial charge in [-0.3, -0.25) is 9.59 Å². The highest BCUT2D eigenvalue weighted by Gasteiger charge is 2.47. The minimum absolute atomic E-state index is 0.135. The highest BCUT2D eigenvalue weighted by molar-refractivity contribution is 5.95. The van der Waals surface area contributed by atoms with Gasteiger partial charge < -0.3 is 15.3 Å². The van der Waals surface area contributed by atoms with Crippen molar-refractivity contribution in [2.45, 2.75) is 76.8 Å². The lowest BCUT2D eigenvalue weighted by Gasteiger charge is -2.28. The Labute approximate surface area is 167 Å². The van der Waals surface area contributed by atoms with Gasteiger partial charge in [0, 0.05) is 19.4 Å². The second kappa shape index (κ2) is 10.2. The molecule has 154 valence electrons. The summed E-state index contributed by atoms with van der Waals surface area (Å²) in [5.41, 5.74) is -0.155. The number of benzene rings is 1. The number of likely N-dealkylation sites (tertiary alicyclic amines) is 1. The van der Waals surface area contributed by atoms with Crippen molar-refractivity contribution in [1.82, 2.24) is 10.2 Å². The van der Waals surface area contributed by atoms with Crippen molar-refractivity contribution in [1.29, 1.82) is 0 Å². The van der Waals surface area contributed by atoms with Gasteiger partial charge in [0.2, 0.25) is 11.8 Å². The van der Waals surface area contributed by atoms with Crippen molar-refractivity contribution < 1.29 is 19.5 Å². The van der Waals surface area contributed by atoms with E-state index >= 15 is 0 Å². The van der Waals surface area contributed by atoms with E-state index in [0.29, 0.717) is 19.4 Å². The van der Waals surface area contributed by atoms with Gasteiger partial charge in [0.15, 0.2) is 0 Å². The molecule has 6 heteroatoms. The normalized spacial score (nSPS) is 20.2. The van der Waals surface area contributed by atoms with Crippen LogP contribution in [0.1, 0.15) is 64.4 Å². The summed E-state index contributed by atoms with van der Waals surface area (Å²) in [6.45, 7) is 4.18. The number of hydrogen-bond donors (Lipinski definition) is 2. The smallest absolute Gasteiger partial charge is 0.326 e. The van der Waals surface area contributed by atoms with Gasteiger partial charge in [-0.15, -0.1) is 0 Å². The fourth-order valence-corrected chi connectivity index (χ4v) is 3.71. The standard InChI is InChI=1S/C22H32N2O4/c1-3-4-5-6-10-13-19(25)23-22(2)14-15-24(21(22)28)18(20(26)27)16-17-11-8-7-9-12-17/h7-9,11-12,18H,3-6,10,13-16H2,1-2H3,(H,23,25)(H,26,27).